The number of hydrogen-bond acceptors (Lipinski definition) is 3. The van der Waals surface area contributed by atoms with Crippen molar-refractivity contribution < 1.29 is 4.74 Å². The summed E-state index contributed by atoms with van der Waals surface area (Å²) in [5.74, 6) is 0. The molecule has 1 atom stereocenters. The molecule has 2 saturated heterocycles. The van der Waals surface area contributed by atoms with E-state index in [1.165, 1.54) is 30.6 Å². The van der Waals surface area contributed by atoms with Gasteiger partial charge in [-0.15, -0.1) is 0 Å². The molecule has 1 aromatic carbocycles. The maximum absolute atomic E-state index is 5.46. The van der Waals surface area contributed by atoms with E-state index in [0.717, 1.165) is 45.3 Å². The zero-order valence-corrected chi connectivity index (χ0v) is 12.6. The first-order valence-corrected chi connectivity index (χ1v) is 7.97. The van der Waals surface area contributed by atoms with Gasteiger partial charge in [-0.3, -0.25) is 9.80 Å². The van der Waals surface area contributed by atoms with Gasteiger partial charge in [-0.05, 0) is 24.0 Å². The normalized spacial score (nSPS) is 25.1. The Morgan fingerprint density at radius 3 is 2.60 bits per heavy atom. The van der Waals surface area contributed by atoms with Crippen molar-refractivity contribution in [2.75, 3.05) is 39.4 Å². The van der Waals surface area contributed by atoms with Crippen LogP contribution in [0.5, 0.6) is 0 Å². The highest BCUT2D eigenvalue weighted by Crippen LogP contribution is 2.20. The summed E-state index contributed by atoms with van der Waals surface area (Å²) in [6.07, 6.45) is 2.45. The van der Waals surface area contributed by atoms with Crippen LogP contribution in [0.3, 0.4) is 0 Å². The molecule has 2 heterocycles. The molecule has 3 nitrogen and oxygen atoms in total. The van der Waals surface area contributed by atoms with E-state index in [4.69, 9.17) is 4.74 Å². The fourth-order valence-corrected chi connectivity index (χ4v) is 3.49. The van der Waals surface area contributed by atoms with E-state index in [9.17, 15) is 0 Å². The second-order valence-corrected chi connectivity index (χ2v) is 5.95. The van der Waals surface area contributed by atoms with Gasteiger partial charge in [0.25, 0.3) is 0 Å². The van der Waals surface area contributed by atoms with E-state index >= 15 is 0 Å². The number of morpholine rings is 1. The zero-order valence-electron chi connectivity index (χ0n) is 12.6. The Morgan fingerprint density at radius 2 is 1.85 bits per heavy atom. The van der Waals surface area contributed by atoms with Crippen LogP contribution >= 0.6 is 0 Å². The summed E-state index contributed by atoms with van der Waals surface area (Å²) >= 11 is 0. The van der Waals surface area contributed by atoms with Gasteiger partial charge in [-0.25, -0.2) is 0 Å². The topological polar surface area (TPSA) is 15.7 Å². The van der Waals surface area contributed by atoms with Crippen LogP contribution in [0.25, 0.3) is 0 Å². The van der Waals surface area contributed by atoms with Gasteiger partial charge >= 0.3 is 0 Å². The third kappa shape index (κ3) is 3.22. The monoisotopic (exact) mass is 274 g/mol. The number of rotatable bonds is 4. The van der Waals surface area contributed by atoms with Crippen LogP contribution in [-0.2, 0) is 17.7 Å². The fourth-order valence-electron chi connectivity index (χ4n) is 3.49. The molecule has 0 radical (unpaired) electrons. The first kappa shape index (κ1) is 14.1. The zero-order chi connectivity index (χ0) is 13.8. The molecule has 2 aliphatic rings. The maximum atomic E-state index is 5.46. The number of likely N-dealkylation sites (tertiary alicyclic amines) is 1. The Labute approximate surface area is 122 Å². The van der Waals surface area contributed by atoms with Gasteiger partial charge in [-0.1, -0.05) is 31.2 Å². The van der Waals surface area contributed by atoms with Crippen molar-refractivity contribution in [2.45, 2.75) is 32.4 Å². The number of nitrogens with zero attached hydrogens (tertiary/aromatic N) is 2. The lowest BCUT2D eigenvalue weighted by molar-refractivity contribution is 0.0184. The second kappa shape index (κ2) is 6.70. The average Bonchev–Trinajstić information content (AvgIpc) is 2.97. The van der Waals surface area contributed by atoms with Crippen molar-refractivity contribution in [3.63, 3.8) is 0 Å². The van der Waals surface area contributed by atoms with E-state index in [1.54, 1.807) is 0 Å². The average molecular weight is 274 g/mol. The van der Waals surface area contributed by atoms with Crippen LogP contribution in [0.4, 0.5) is 0 Å². The molecule has 3 heteroatoms. The van der Waals surface area contributed by atoms with Crippen LogP contribution < -0.4 is 0 Å². The van der Waals surface area contributed by atoms with Gasteiger partial charge in [0.15, 0.2) is 0 Å². The van der Waals surface area contributed by atoms with Crippen molar-refractivity contribution in [1.82, 2.24) is 9.80 Å². The van der Waals surface area contributed by atoms with Crippen molar-refractivity contribution >= 4 is 0 Å². The van der Waals surface area contributed by atoms with E-state index in [2.05, 4.69) is 41.0 Å². The number of aryl methyl sites for hydroxylation is 1. The van der Waals surface area contributed by atoms with E-state index in [-0.39, 0.29) is 0 Å². The first-order valence-electron chi connectivity index (χ1n) is 7.97. The Balaban J connectivity index is 1.57. The van der Waals surface area contributed by atoms with Gasteiger partial charge in [-0.2, -0.15) is 0 Å². The molecule has 2 aliphatic heterocycles. The summed E-state index contributed by atoms with van der Waals surface area (Å²) in [7, 11) is 0. The number of hydrogen-bond donors (Lipinski definition) is 0. The van der Waals surface area contributed by atoms with Gasteiger partial charge < -0.3 is 4.74 Å². The highest BCUT2D eigenvalue weighted by atomic mass is 16.5. The van der Waals surface area contributed by atoms with E-state index in [0.29, 0.717) is 0 Å². The first-order chi connectivity index (χ1) is 9.86. The molecule has 0 aromatic heterocycles. The molecule has 0 saturated carbocycles. The van der Waals surface area contributed by atoms with Gasteiger partial charge in [0.1, 0.15) is 0 Å². The predicted molar refractivity (Wildman–Crippen MR) is 81.9 cm³/mol. The molecule has 1 aromatic rings. The Morgan fingerprint density at radius 1 is 1.10 bits per heavy atom. The lowest BCUT2D eigenvalue weighted by Crippen LogP contribution is -2.44. The summed E-state index contributed by atoms with van der Waals surface area (Å²) < 4.78 is 5.46. The molecule has 2 fully saturated rings. The molecule has 0 aliphatic carbocycles. The summed E-state index contributed by atoms with van der Waals surface area (Å²) in [6.45, 7) is 9.88. The smallest absolute Gasteiger partial charge is 0.0594 e. The highest BCUT2D eigenvalue weighted by molar-refractivity contribution is 5.27. The number of benzene rings is 1. The minimum atomic E-state index is 0.743. The fraction of sp³-hybridized carbons (Fsp3) is 0.647. The summed E-state index contributed by atoms with van der Waals surface area (Å²) in [4.78, 5) is 5.24. The predicted octanol–water partition coefficient (Wildman–Crippen LogP) is 2.16. The van der Waals surface area contributed by atoms with Crippen LogP contribution in [-0.4, -0.2) is 55.2 Å². The van der Waals surface area contributed by atoms with E-state index < -0.39 is 0 Å². The minimum absolute atomic E-state index is 0.743. The largest absolute Gasteiger partial charge is 0.379 e. The van der Waals surface area contributed by atoms with Gasteiger partial charge in [0.2, 0.25) is 0 Å². The SMILES string of the molecule is CCc1ccccc1CN1CCC(N2CCOCC2)C1. The molecule has 1 unspecified atom stereocenters. The quantitative estimate of drug-likeness (QED) is 0.837. The summed E-state index contributed by atoms with van der Waals surface area (Å²) in [5, 5.41) is 0. The third-order valence-electron chi connectivity index (χ3n) is 4.70. The minimum Gasteiger partial charge on any atom is -0.379 e. The second-order valence-electron chi connectivity index (χ2n) is 5.95. The molecule has 3 rings (SSSR count). The Bertz CT molecular complexity index is 429. The summed E-state index contributed by atoms with van der Waals surface area (Å²) in [5.41, 5.74) is 3.01. The molecule has 0 bridgehead atoms. The van der Waals surface area contributed by atoms with Crippen molar-refractivity contribution in [2.24, 2.45) is 0 Å². The van der Waals surface area contributed by atoms with Crippen LogP contribution in [0, 0.1) is 0 Å². The molecule has 0 spiro atoms. The molecule has 20 heavy (non-hydrogen) atoms. The van der Waals surface area contributed by atoms with Crippen LogP contribution in [0.1, 0.15) is 24.5 Å². The van der Waals surface area contributed by atoms with E-state index in [1.807, 2.05) is 0 Å². The molecule has 0 amide bonds. The van der Waals surface area contributed by atoms with Crippen molar-refractivity contribution in [3.05, 3.63) is 35.4 Å². The standard InChI is InChI=1S/C17H26N2O/c1-2-15-5-3-4-6-16(15)13-18-8-7-17(14-18)19-9-11-20-12-10-19/h3-6,17H,2,7-14H2,1H3. The van der Waals surface area contributed by atoms with Gasteiger partial charge in [0, 0.05) is 38.8 Å². The van der Waals surface area contributed by atoms with Crippen LogP contribution in [0.15, 0.2) is 24.3 Å². The number of ether oxygens (including phenoxy) is 1. The molecular formula is C17H26N2O. The van der Waals surface area contributed by atoms with Crippen molar-refractivity contribution in [3.8, 4) is 0 Å². The van der Waals surface area contributed by atoms with Gasteiger partial charge in [0.05, 0.1) is 13.2 Å². The molecule has 110 valence electrons. The molecule has 0 N–H and O–H groups in total. The maximum Gasteiger partial charge on any atom is 0.0594 e. The highest BCUT2D eigenvalue weighted by Gasteiger charge is 2.28. The molecular weight excluding hydrogens is 248 g/mol. The summed E-state index contributed by atoms with van der Waals surface area (Å²) in [6, 6.07) is 9.63. The third-order valence-corrected chi connectivity index (χ3v) is 4.70. The lowest BCUT2D eigenvalue weighted by Gasteiger charge is -2.32. The van der Waals surface area contributed by atoms with Crippen molar-refractivity contribution in [1.29, 1.82) is 0 Å². The van der Waals surface area contributed by atoms with Crippen LogP contribution in [0.2, 0.25) is 0 Å². The Hall–Kier alpha value is -0.900. The Kier molecular flexibility index (Phi) is 4.71. The lowest BCUT2D eigenvalue weighted by atomic mass is 10.1.